The third-order valence-electron chi connectivity index (χ3n) is 4.49. The highest BCUT2D eigenvalue weighted by molar-refractivity contribution is 6.32. The Morgan fingerprint density at radius 2 is 2.03 bits per heavy atom. The molecule has 0 atom stereocenters. The molecule has 0 saturated carbocycles. The number of anilines is 1. The summed E-state index contributed by atoms with van der Waals surface area (Å²) in [6.45, 7) is 2.23. The lowest BCUT2D eigenvalue weighted by Crippen LogP contribution is -2.23. The number of hydrogen-bond acceptors (Lipinski definition) is 5. The van der Waals surface area contributed by atoms with E-state index in [2.05, 4.69) is 15.5 Å². The summed E-state index contributed by atoms with van der Waals surface area (Å²) in [5, 5.41) is 11.2. The Hall–Kier alpha value is -3.01. The van der Waals surface area contributed by atoms with E-state index in [1.807, 2.05) is 6.92 Å². The van der Waals surface area contributed by atoms with Crippen molar-refractivity contribution in [1.29, 1.82) is 0 Å². The molecule has 30 heavy (non-hydrogen) atoms. The van der Waals surface area contributed by atoms with Gasteiger partial charge in [-0.05, 0) is 24.6 Å². The molecule has 160 valence electrons. The third-order valence-corrected chi connectivity index (χ3v) is 4.86. The molecule has 11 heteroatoms. The van der Waals surface area contributed by atoms with Crippen molar-refractivity contribution in [2.45, 2.75) is 26.1 Å². The number of alkyl halides is 3. The van der Waals surface area contributed by atoms with E-state index in [4.69, 9.17) is 16.3 Å². The van der Waals surface area contributed by atoms with Gasteiger partial charge in [-0.3, -0.25) is 4.79 Å². The Bertz CT molecular complexity index is 1120. The molecular weight excluding hydrogens is 423 g/mol. The number of hydrogen-bond donors (Lipinski definition) is 1. The van der Waals surface area contributed by atoms with Crippen molar-refractivity contribution >= 4 is 17.3 Å². The van der Waals surface area contributed by atoms with Crippen molar-refractivity contribution in [2.75, 3.05) is 12.4 Å². The minimum atomic E-state index is -4.54. The van der Waals surface area contributed by atoms with Crippen LogP contribution in [0.15, 0.2) is 35.3 Å². The predicted octanol–water partition coefficient (Wildman–Crippen LogP) is 3.82. The lowest BCUT2D eigenvalue weighted by Gasteiger charge is -2.12. The van der Waals surface area contributed by atoms with Crippen LogP contribution in [0.4, 0.5) is 18.9 Å². The van der Waals surface area contributed by atoms with Crippen molar-refractivity contribution in [2.24, 2.45) is 7.05 Å². The van der Waals surface area contributed by atoms with Crippen molar-refractivity contribution in [3.05, 3.63) is 62.7 Å². The second-order valence-electron chi connectivity index (χ2n) is 6.40. The van der Waals surface area contributed by atoms with Gasteiger partial charge in [-0.25, -0.2) is 4.68 Å². The smallest absolute Gasteiger partial charge is 0.416 e. The molecule has 3 aromatic rings. The molecule has 0 saturated heterocycles. The number of nitrogens with zero attached hydrogens (tertiary/aromatic N) is 4. The van der Waals surface area contributed by atoms with Gasteiger partial charge in [-0.1, -0.05) is 24.6 Å². The average Bonchev–Trinajstić information content (AvgIpc) is 3.03. The zero-order valence-corrected chi connectivity index (χ0v) is 17.2. The first-order valence-electron chi connectivity index (χ1n) is 8.95. The van der Waals surface area contributed by atoms with Crippen LogP contribution >= 0.6 is 11.6 Å². The summed E-state index contributed by atoms with van der Waals surface area (Å²) in [5.41, 5.74) is 0.213. The summed E-state index contributed by atoms with van der Waals surface area (Å²) in [4.78, 5) is 12.6. The summed E-state index contributed by atoms with van der Waals surface area (Å²) in [6.07, 6.45) is -2.57. The fourth-order valence-corrected chi connectivity index (χ4v) is 3.26. The Kier molecular flexibility index (Phi) is 6.06. The molecular formula is C19H19ClF3N5O2. The van der Waals surface area contributed by atoms with Gasteiger partial charge in [-0.2, -0.15) is 28.1 Å². The molecule has 0 fully saturated rings. The van der Waals surface area contributed by atoms with Gasteiger partial charge in [0.1, 0.15) is 5.02 Å². The predicted molar refractivity (Wildman–Crippen MR) is 106 cm³/mol. The fourth-order valence-electron chi connectivity index (χ4n) is 3.06. The zero-order valence-electron chi connectivity index (χ0n) is 16.4. The van der Waals surface area contributed by atoms with E-state index in [0.717, 1.165) is 28.1 Å². The first-order valence-corrected chi connectivity index (χ1v) is 9.33. The first kappa shape index (κ1) is 21.7. The van der Waals surface area contributed by atoms with Crippen molar-refractivity contribution < 1.29 is 17.9 Å². The molecule has 0 radical (unpaired) electrons. The van der Waals surface area contributed by atoms with E-state index in [-0.39, 0.29) is 22.9 Å². The van der Waals surface area contributed by atoms with Gasteiger partial charge in [0.2, 0.25) is 5.88 Å². The summed E-state index contributed by atoms with van der Waals surface area (Å²) < 4.78 is 46.7. The van der Waals surface area contributed by atoms with E-state index in [9.17, 15) is 18.0 Å². The second-order valence-corrected chi connectivity index (χ2v) is 6.78. The molecule has 2 heterocycles. The quantitative estimate of drug-likeness (QED) is 0.629. The molecule has 7 nitrogen and oxygen atoms in total. The molecule has 0 unspecified atom stereocenters. The largest absolute Gasteiger partial charge is 0.481 e. The molecule has 0 spiro atoms. The Morgan fingerprint density at radius 1 is 1.30 bits per heavy atom. The lowest BCUT2D eigenvalue weighted by molar-refractivity contribution is -0.137. The Balaban J connectivity index is 1.91. The fraction of sp³-hybridized carbons (Fsp3) is 0.316. The van der Waals surface area contributed by atoms with Crippen LogP contribution in [0.25, 0.3) is 5.69 Å². The van der Waals surface area contributed by atoms with Gasteiger partial charge >= 0.3 is 6.18 Å². The third kappa shape index (κ3) is 4.13. The monoisotopic (exact) mass is 441 g/mol. The van der Waals surface area contributed by atoms with Crippen molar-refractivity contribution in [1.82, 2.24) is 19.6 Å². The number of ether oxygens (including phenoxy) is 1. The normalized spacial score (nSPS) is 11.6. The maximum absolute atomic E-state index is 13.0. The van der Waals surface area contributed by atoms with Crippen LogP contribution in [0.2, 0.25) is 5.02 Å². The highest BCUT2D eigenvalue weighted by Crippen LogP contribution is 2.30. The number of rotatable bonds is 6. The van der Waals surface area contributed by atoms with E-state index < -0.39 is 17.3 Å². The molecule has 0 bridgehead atoms. The molecule has 1 aromatic carbocycles. The topological polar surface area (TPSA) is 74.0 Å². The molecule has 0 aliphatic carbocycles. The van der Waals surface area contributed by atoms with E-state index in [1.54, 1.807) is 11.7 Å². The molecule has 2 aromatic heterocycles. The number of halogens is 4. The Morgan fingerprint density at radius 3 is 2.67 bits per heavy atom. The van der Waals surface area contributed by atoms with Gasteiger partial charge in [0.15, 0.2) is 0 Å². The van der Waals surface area contributed by atoms with Gasteiger partial charge in [0.25, 0.3) is 5.56 Å². The van der Waals surface area contributed by atoms with Crippen LogP contribution in [0, 0.1) is 0 Å². The highest BCUT2D eigenvalue weighted by Gasteiger charge is 2.30. The molecule has 3 rings (SSSR count). The standard InChI is InChI=1S/C19H19ClF3N5O2/c1-4-14-13(18(30-3)27(2)26-14)9-24-15-10-25-28(17(29)16(15)20)12-7-5-6-11(8-12)19(21,22)23/h5-8,10,24H,4,9H2,1-3H3. The number of aryl methyl sites for hydroxylation is 2. The minimum Gasteiger partial charge on any atom is -0.481 e. The van der Waals surface area contributed by atoms with Gasteiger partial charge < -0.3 is 10.1 Å². The molecule has 0 aliphatic heterocycles. The molecule has 0 aliphatic rings. The highest BCUT2D eigenvalue weighted by atomic mass is 35.5. The maximum atomic E-state index is 13.0. The lowest BCUT2D eigenvalue weighted by atomic mass is 10.2. The average molecular weight is 442 g/mol. The number of nitrogens with one attached hydrogen (secondary N) is 1. The number of aromatic nitrogens is 4. The van der Waals surface area contributed by atoms with Crippen LogP contribution in [0.1, 0.15) is 23.7 Å². The molecule has 1 N–H and O–H groups in total. The zero-order chi connectivity index (χ0) is 22.1. The Labute approximate surface area is 175 Å². The van der Waals surface area contributed by atoms with Crippen molar-refractivity contribution in [3.63, 3.8) is 0 Å². The number of benzene rings is 1. The van der Waals surface area contributed by atoms with Gasteiger partial charge in [-0.15, -0.1) is 0 Å². The van der Waals surface area contributed by atoms with Crippen LogP contribution in [-0.2, 0) is 26.2 Å². The van der Waals surface area contributed by atoms with Crippen LogP contribution in [0.3, 0.4) is 0 Å². The van der Waals surface area contributed by atoms with E-state index >= 15 is 0 Å². The van der Waals surface area contributed by atoms with Crippen LogP contribution in [-0.4, -0.2) is 26.7 Å². The number of methoxy groups -OCH3 is 1. The van der Waals surface area contributed by atoms with Gasteiger partial charge in [0, 0.05) is 13.6 Å². The summed E-state index contributed by atoms with van der Waals surface area (Å²) in [7, 11) is 3.29. The summed E-state index contributed by atoms with van der Waals surface area (Å²) >= 11 is 6.19. The first-order chi connectivity index (χ1) is 14.2. The second kappa shape index (κ2) is 8.39. The van der Waals surface area contributed by atoms with Gasteiger partial charge in [0.05, 0.1) is 41.5 Å². The van der Waals surface area contributed by atoms with Crippen molar-refractivity contribution in [3.8, 4) is 11.6 Å². The summed E-state index contributed by atoms with van der Waals surface area (Å²) in [6, 6.07) is 4.30. The SMILES string of the molecule is CCc1nn(C)c(OC)c1CNc1cnn(-c2cccc(C(F)(F)F)c2)c(=O)c1Cl. The molecule has 0 amide bonds. The maximum Gasteiger partial charge on any atom is 0.416 e. The summed E-state index contributed by atoms with van der Waals surface area (Å²) in [5.74, 6) is 0.570. The van der Waals surface area contributed by atoms with Crippen LogP contribution < -0.4 is 15.6 Å². The van der Waals surface area contributed by atoms with Crippen LogP contribution in [0.5, 0.6) is 5.88 Å². The minimum absolute atomic E-state index is 0.0366. The van der Waals surface area contributed by atoms with E-state index in [0.29, 0.717) is 12.3 Å². The van der Waals surface area contributed by atoms with E-state index in [1.165, 1.54) is 25.4 Å².